The molecule has 25 heavy (non-hydrogen) atoms. The molecular weight excluding hydrogens is 359 g/mol. The Morgan fingerprint density at radius 3 is 2.60 bits per heavy atom. The largest absolute Gasteiger partial charge is 0.507 e. The average Bonchev–Trinajstić information content (AvgIpc) is 2.54. The number of urea groups is 1. The molecule has 0 saturated heterocycles. The lowest BCUT2D eigenvalue weighted by molar-refractivity contribution is -0.137. The highest BCUT2D eigenvalue weighted by Crippen LogP contribution is 2.33. The molecule has 0 fully saturated rings. The fourth-order valence-corrected chi connectivity index (χ4v) is 1.96. The van der Waals surface area contributed by atoms with E-state index in [-0.39, 0.29) is 16.5 Å². The van der Waals surface area contributed by atoms with Crippen LogP contribution in [0.5, 0.6) is 5.75 Å². The Hall–Kier alpha value is -2.74. The van der Waals surface area contributed by atoms with Crippen molar-refractivity contribution < 1.29 is 23.1 Å². The Labute approximate surface area is 146 Å². The van der Waals surface area contributed by atoms with Crippen LogP contribution >= 0.6 is 11.6 Å². The van der Waals surface area contributed by atoms with E-state index in [1.807, 2.05) is 0 Å². The molecule has 0 spiro atoms. The average molecular weight is 372 g/mol. The lowest BCUT2D eigenvalue weighted by Crippen LogP contribution is -2.27. The van der Waals surface area contributed by atoms with Crippen LogP contribution < -0.4 is 5.32 Å². The smallest absolute Gasteiger partial charge is 0.416 e. The van der Waals surface area contributed by atoms with Crippen LogP contribution in [0.25, 0.3) is 0 Å². The Morgan fingerprint density at radius 1 is 1.28 bits per heavy atom. The van der Waals surface area contributed by atoms with Gasteiger partial charge in [0.1, 0.15) is 5.75 Å². The number of nitrogens with zero attached hydrogens (tertiary/aromatic N) is 2. The van der Waals surface area contributed by atoms with Gasteiger partial charge in [0, 0.05) is 12.6 Å². The number of para-hydroxylation sites is 1. The van der Waals surface area contributed by atoms with E-state index in [9.17, 15) is 23.1 Å². The van der Waals surface area contributed by atoms with Crippen molar-refractivity contribution in [1.29, 1.82) is 0 Å². The molecule has 0 aliphatic carbocycles. The second-order valence-electron chi connectivity index (χ2n) is 4.95. The minimum atomic E-state index is -4.56. The minimum absolute atomic E-state index is 0.0269. The van der Waals surface area contributed by atoms with E-state index in [0.717, 1.165) is 23.2 Å². The number of benzene rings is 2. The highest BCUT2D eigenvalue weighted by atomic mass is 35.5. The summed E-state index contributed by atoms with van der Waals surface area (Å²) in [6.07, 6.45) is -3.32. The predicted molar refractivity (Wildman–Crippen MR) is 88.9 cm³/mol. The Morgan fingerprint density at radius 2 is 1.96 bits per heavy atom. The zero-order chi connectivity index (χ0) is 18.6. The highest BCUT2D eigenvalue weighted by molar-refractivity contribution is 6.33. The maximum atomic E-state index is 12.7. The first-order valence-corrected chi connectivity index (χ1v) is 7.29. The molecule has 0 bridgehead atoms. The van der Waals surface area contributed by atoms with Gasteiger partial charge in [-0.25, -0.2) is 9.80 Å². The zero-order valence-electron chi connectivity index (χ0n) is 12.9. The standard InChI is InChI=1S/C16H13ClF3N3O2/c1-23(21-9-10-4-2-3-5-14(10)24)15(25)22-13-8-11(16(18,19)20)6-7-12(13)17/h2-9,24H,1H3,(H,22,25)/b21-9-. The van der Waals surface area contributed by atoms with Gasteiger partial charge in [-0.15, -0.1) is 0 Å². The van der Waals surface area contributed by atoms with Gasteiger partial charge in [-0.3, -0.25) is 0 Å². The fourth-order valence-electron chi connectivity index (χ4n) is 1.79. The summed E-state index contributed by atoms with van der Waals surface area (Å²) in [5.74, 6) is -0.0269. The summed E-state index contributed by atoms with van der Waals surface area (Å²) in [5, 5.41) is 16.5. The topological polar surface area (TPSA) is 64.9 Å². The number of anilines is 1. The number of halogens is 4. The van der Waals surface area contributed by atoms with E-state index in [4.69, 9.17) is 11.6 Å². The molecule has 0 heterocycles. The van der Waals surface area contributed by atoms with Crippen molar-refractivity contribution in [3.63, 3.8) is 0 Å². The molecule has 5 nitrogen and oxygen atoms in total. The Balaban J connectivity index is 2.13. The second kappa shape index (κ2) is 7.43. The number of amides is 2. The number of aromatic hydroxyl groups is 1. The molecule has 132 valence electrons. The number of phenols is 1. The third-order valence-electron chi connectivity index (χ3n) is 3.14. The lowest BCUT2D eigenvalue weighted by atomic mass is 10.2. The molecular formula is C16H13ClF3N3O2. The number of carbonyl (C=O) groups excluding carboxylic acids is 1. The van der Waals surface area contributed by atoms with Crippen LogP contribution in [-0.4, -0.2) is 29.4 Å². The van der Waals surface area contributed by atoms with Crippen LogP contribution in [0, 0.1) is 0 Å². The van der Waals surface area contributed by atoms with Gasteiger partial charge in [0.25, 0.3) is 0 Å². The molecule has 2 aromatic carbocycles. The van der Waals surface area contributed by atoms with Gasteiger partial charge in [0.15, 0.2) is 0 Å². The van der Waals surface area contributed by atoms with E-state index < -0.39 is 17.8 Å². The normalized spacial score (nSPS) is 11.6. The van der Waals surface area contributed by atoms with E-state index in [1.54, 1.807) is 18.2 Å². The van der Waals surface area contributed by atoms with Crippen LogP contribution in [0.1, 0.15) is 11.1 Å². The number of hydrogen-bond donors (Lipinski definition) is 2. The van der Waals surface area contributed by atoms with E-state index >= 15 is 0 Å². The maximum Gasteiger partial charge on any atom is 0.416 e. The molecule has 0 saturated carbocycles. The number of nitrogens with one attached hydrogen (secondary N) is 1. The number of alkyl halides is 3. The van der Waals surface area contributed by atoms with E-state index in [1.165, 1.54) is 19.3 Å². The first kappa shape index (κ1) is 18.6. The van der Waals surface area contributed by atoms with Crippen molar-refractivity contribution in [2.24, 2.45) is 5.10 Å². The van der Waals surface area contributed by atoms with Gasteiger partial charge < -0.3 is 10.4 Å². The van der Waals surface area contributed by atoms with Gasteiger partial charge in [0.2, 0.25) is 0 Å². The van der Waals surface area contributed by atoms with Gasteiger partial charge in [0.05, 0.1) is 22.5 Å². The summed E-state index contributed by atoms with van der Waals surface area (Å²) in [4.78, 5) is 12.0. The Bertz CT molecular complexity index is 809. The number of hydrogen-bond acceptors (Lipinski definition) is 3. The SMILES string of the molecule is CN(/N=C\c1ccccc1O)C(=O)Nc1cc(C(F)(F)F)ccc1Cl. The third-order valence-corrected chi connectivity index (χ3v) is 3.47. The summed E-state index contributed by atoms with van der Waals surface area (Å²) in [6, 6.07) is 8.12. The number of phenolic OH excluding ortho intramolecular Hbond substituents is 1. The third kappa shape index (κ3) is 4.87. The molecule has 0 atom stereocenters. The van der Waals surface area contributed by atoms with Crippen LogP contribution in [0.15, 0.2) is 47.6 Å². The number of hydrazone groups is 1. The van der Waals surface area contributed by atoms with Crippen LogP contribution in [0.3, 0.4) is 0 Å². The van der Waals surface area contributed by atoms with Gasteiger partial charge >= 0.3 is 12.2 Å². The number of rotatable bonds is 3. The predicted octanol–water partition coefficient (Wildman–Crippen LogP) is 4.56. The van der Waals surface area contributed by atoms with Crippen molar-refractivity contribution in [2.45, 2.75) is 6.18 Å². The van der Waals surface area contributed by atoms with Crippen LogP contribution in [0.4, 0.5) is 23.7 Å². The molecule has 2 amide bonds. The molecule has 0 unspecified atom stereocenters. The number of carbonyl (C=O) groups is 1. The van der Waals surface area contributed by atoms with Crippen LogP contribution in [-0.2, 0) is 6.18 Å². The van der Waals surface area contributed by atoms with Crippen molar-refractivity contribution in [3.05, 3.63) is 58.6 Å². The second-order valence-corrected chi connectivity index (χ2v) is 5.36. The van der Waals surface area contributed by atoms with E-state index in [0.29, 0.717) is 5.56 Å². The van der Waals surface area contributed by atoms with Gasteiger partial charge in [-0.1, -0.05) is 23.7 Å². The van der Waals surface area contributed by atoms with E-state index in [2.05, 4.69) is 10.4 Å². The first-order valence-electron chi connectivity index (χ1n) is 6.92. The van der Waals surface area contributed by atoms with Crippen molar-refractivity contribution in [1.82, 2.24) is 5.01 Å². The minimum Gasteiger partial charge on any atom is -0.507 e. The van der Waals surface area contributed by atoms with Gasteiger partial charge in [-0.05, 0) is 30.3 Å². The van der Waals surface area contributed by atoms with Crippen molar-refractivity contribution >= 4 is 29.5 Å². The summed E-state index contributed by atoms with van der Waals surface area (Å²) in [5.41, 5.74) is -0.752. The highest BCUT2D eigenvalue weighted by Gasteiger charge is 2.31. The maximum absolute atomic E-state index is 12.7. The quantitative estimate of drug-likeness (QED) is 0.613. The van der Waals surface area contributed by atoms with Gasteiger partial charge in [-0.2, -0.15) is 18.3 Å². The van der Waals surface area contributed by atoms with Crippen molar-refractivity contribution in [3.8, 4) is 5.75 Å². The Kier molecular flexibility index (Phi) is 5.53. The summed E-state index contributed by atoms with van der Waals surface area (Å²) in [7, 11) is 1.30. The van der Waals surface area contributed by atoms with Crippen molar-refractivity contribution in [2.75, 3.05) is 12.4 Å². The molecule has 0 radical (unpaired) electrons. The summed E-state index contributed by atoms with van der Waals surface area (Å²) >= 11 is 5.82. The monoisotopic (exact) mass is 371 g/mol. The molecule has 2 aromatic rings. The molecule has 2 rings (SSSR count). The molecule has 9 heteroatoms. The van der Waals surface area contributed by atoms with Crippen LogP contribution in [0.2, 0.25) is 5.02 Å². The molecule has 0 aliphatic rings. The summed E-state index contributed by atoms with van der Waals surface area (Å²) in [6.45, 7) is 0. The molecule has 0 aromatic heterocycles. The first-order chi connectivity index (χ1) is 11.7. The molecule has 0 aliphatic heterocycles. The lowest BCUT2D eigenvalue weighted by Gasteiger charge is -2.15. The summed E-state index contributed by atoms with van der Waals surface area (Å²) < 4.78 is 38.2. The zero-order valence-corrected chi connectivity index (χ0v) is 13.6. The molecule has 2 N–H and O–H groups in total. The fraction of sp³-hybridized carbons (Fsp3) is 0.125.